The molecule has 2 rings (SSSR count). The summed E-state index contributed by atoms with van der Waals surface area (Å²) in [6, 6.07) is -0.199. The van der Waals surface area contributed by atoms with E-state index in [1.165, 1.54) is 0 Å². The van der Waals surface area contributed by atoms with Crippen molar-refractivity contribution in [3.8, 4) is 0 Å². The van der Waals surface area contributed by atoms with E-state index in [0.29, 0.717) is 6.61 Å². The topological polar surface area (TPSA) is 52.4 Å². The highest BCUT2D eigenvalue weighted by molar-refractivity contribution is 5.80. The lowest BCUT2D eigenvalue weighted by Crippen LogP contribution is -2.34. The van der Waals surface area contributed by atoms with Gasteiger partial charge in [0.05, 0.1) is 0 Å². The monoisotopic (exact) mass is 237 g/mol. The van der Waals surface area contributed by atoms with E-state index in [9.17, 15) is 10.0 Å². The zero-order valence-corrected chi connectivity index (χ0v) is 10.1. The van der Waals surface area contributed by atoms with Crippen molar-refractivity contribution in [2.45, 2.75) is 51.0 Å². The molecule has 0 saturated heterocycles. The van der Waals surface area contributed by atoms with E-state index in [0.717, 1.165) is 49.0 Å². The Morgan fingerprint density at radius 1 is 1.29 bits per heavy atom. The van der Waals surface area contributed by atoms with E-state index in [4.69, 9.17) is 4.74 Å². The predicted molar refractivity (Wildman–Crippen MR) is 64.8 cm³/mol. The first kappa shape index (κ1) is 12.1. The maximum atomic E-state index is 12.0. The fourth-order valence-electron chi connectivity index (χ4n) is 2.45. The molecule has 0 fully saturated rings. The second kappa shape index (κ2) is 5.84. The van der Waals surface area contributed by atoms with Gasteiger partial charge in [0, 0.05) is 19.3 Å². The molecule has 4 heteroatoms. The Labute approximate surface area is 102 Å². The van der Waals surface area contributed by atoms with Crippen LogP contribution in [0.2, 0.25) is 0 Å². The van der Waals surface area contributed by atoms with Crippen LogP contribution in [0.3, 0.4) is 0 Å². The number of cyclic esters (lactones) is 1. The van der Waals surface area contributed by atoms with Crippen LogP contribution in [0.15, 0.2) is 12.2 Å². The van der Waals surface area contributed by atoms with Crippen LogP contribution in [0.4, 0.5) is 0 Å². The van der Waals surface area contributed by atoms with E-state index in [1.807, 2.05) is 12.2 Å². The van der Waals surface area contributed by atoms with Crippen molar-refractivity contribution in [2.75, 3.05) is 6.61 Å². The predicted octanol–water partition coefficient (Wildman–Crippen LogP) is 2.16. The minimum atomic E-state index is -0.262. The average Bonchev–Trinajstić information content (AvgIpc) is 2.31. The molecule has 1 unspecified atom stereocenters. The van der Waals surface area contributed by atoms with Gasteiger partial charge < -0.3 is 9.94 Å². The highest BCUT2D eigenvalue weighted by atomic mass is 16.5. The van der Waals surface area contributed by atoms with Gasteiger partial charge in [-0.05, 0) is 19.3 Å². The number of hydroxylamine groups is 1. The third-order valence-electron chi connectivity index (χ3n) is 3.39. The van der Waals surface area contributed by atoms with E-state index < -0.39 is 0 Å². The minimum absolute atomic E-state index is 0.199. The summed E-state index contributed by atoms with van der Waals surface area (Å²) in [7, 11) is 0. The first-order valence-corrected chi connectivity index (χ1v) is 6.39. The van der Waals surface area contributed by atoms with Crippen LogP contribution in [-0.2, 0) is 9.53 Å². The molecule has 0 N–H and O–H groups in total. The first-order valence-electron chi connectivity index (χ1n) is 6.39. The molecule has 17 heavy (non-hydrogen) atoms. The molecule has 0 amide bonds. The summed E-state index contributed by atoms with van der Waals surface area (Å²) in [5, 5.41) is 12.0. The molecule has 2 aliphatic heterocycles. The maximum Gasteiger partial charge on any atom is 0.312 e. The molecule has 0 aromatic rings. The number of carbonyl (C=O) groups excluding carboxylic acids is 1. The van der Waals surface area contributed by atoms with Crippen molar-refractivity contribution in [3.05, 3.63) is 17.4 Å². The Morgan fingerprint density at radius 3 is 3.00 bits per heavy atom. The van der Waals surface area contributed by atoms with Crippen LogP contribution < -0.4 is 0 Å². The van der Waals surface area contributed by atoms with Crippen molar-refractivity contribution in [2.24, 2.45) is 0 Å². The number of allylic oxidation sites excluding steroid dienone is 1. The van der Waals surface area contributed by atoms with Gasteiger partial charge in [-0.2, -0.15) is 0 Å². The Hall–Kier alpha value is -1.32. The number of hydrogen-bond donors (Lipinski definition) is 0. The highest BCUT2D eigenvalue weighted by Gasteiger charge is 2.28. The molecule has 2 aliphatic rings. The SMILES string of the molecule is O=C1CC2CCCC(=[N+]2[O-])CCC/C=C\CO1. The zero-order valence-electron chi connectivity index (χ0n) is 10.1. The van der Waals surface area contributed by atoms with E-state index >= 15 is 0 Å². The Bertz CT molecular complexity index is 347. The summed E-state index contributed by atoms with van der Waals surface area (Å²) in [6.45, 7) is 0.334. The van der Waals surface area contributed by atoms with Crippen LogP contribution in [0.25, 0.3) is 0 Å². The Morgan fingerprint density at radius 2 is 2.12 bits per heavy atom. The van der Waals surface area contributed by atoms with Gasteiger partial charge in [-0.3, -0.25) is 4.79 Å². The summed E-state index contributed by atoms with van der Waals surface area (Å²) in [4.78, 5) is 11.5. The smallest absolute Gasteiger partial charge is 0.312 e. The molecule has 1 atom stereocenters. The Balaban J connectivity index is 2.11. The average molecular weight is 237 g/mol. The lowest BCUT2D eigenvalue weighted by atomic mass is 9.97. The van der Waals surface area contributed by atoms with Crippen LogP contribution in [0, 0.1) is 5.21 Å². The van der Waals surface area contributed by atoms with Crippen molar-refractivity contribution in [1.82, 2.24) is 0 Å². The van der Waals surface area contributed by atoms with Crippen molar-refractivity contribution >= 4 is 11.7 Å². The summed E-state index contributed by atoms with van der Waals surface area (Å²) in [5.74, 6) is -0.262. The lowest BCUT2D eigenvalue weighted by Gasteiger charge is -2.24. The summed E-state index contributed by atoms with van der Waals surface area (Å²) in [5.41, 5.74) is 0.961. The number of ether oxygens (including phenoxy) is 1. The molecule has 94 valence electrons. The second-order valence-corrected chi connectivity index (χ2v) is 4.69. The van der Waals surface area contributed by atoms with Gasteiger partial charge in [-0.15, -0.1) is 0 Å². The standard InChI is InChI=1S/C13H19NO3/c15-13-10-12-8-5-7-11(14(12)16)6-3-1-2-4-9-17-13/h2,4,12H,1,3,5-10H2/b4-2-. The van der Waals surface area contributed by atoms with Crippen LogP contribution in [0.5, 0.6) is 0 Å². The molecule has 0 spiro atoms. The van der Waals surface area contributed by atoms with Gasteiger partial charge >= 0.3 is 5.97 Å². The van der Waals surface area contributed by atoms with Gasteiger partial charge in [-0.25, -0.2) is 4.74 Å². The Kier molecular flexibility index (Phi) is 4.18. The molecule has 0 aromatic heterocycles. The van der Waals surface area contributed by atoms with E-state index in [1.54, 1.807) is 0 Å². The van der Waals surface area contributed by atoms with Crippen LogP contribution in [-0.4, -0.2) is 29.1 Å². The summed E-state index contributed by atoms with van der Waals surface area (Å²) < 4.78 is 6.13. The molecular weight excluding hydrogens is 218 g/mol. The van der Waals surface area contributed by atoms with Gasteiger partial charge in [0.25, 0.3) is 0 Å². The van der Waals surface area contributed by atoms with Crippen LogP contribution >= 0.6 is 0 Å². The van der Waals surface area contributed by atoms with Gasteiger partial charge in [0.1, 0.15) is 13.0 Å². The number of fused-ring (bicyclic) bond motifs is 1. The lowest BCUT2D eigenvalue weighted by molar-refractivity contribution is -0.508. The highest BCUT2D eigenvalue weighted by Crippen LogP contribution is 2.19. The number of carbonyl (C=O) groups is 1. The molecule has 2 bridgehead atoms. The third-order valence-corrected chi connectivity index (χ3v) is 3.39. The number of esters is 1. The van der Waals surface area contributed by atoms with Crippen molar-refractivity contribution in [1.29, 1.82) is 0 Å². The summed E-state index contributed by atoms with van der Waals surface area (Å²) in [6.07, 6.45) is 9.64. The minimum Gasteiger partial charge on any atom is -0.624 e. The molecule has 0 saturated carbocycles. The van der Waals surface area contributed by atoms with Crippen molar-refractivity contribution < 1.29 is 14.3 Å². The van der Waals surface area contributed by atoms with E-state index in [-0.39, 0.29) is 18.4 Å². The fourth-order valence-corrected chi connectivity index (χ4v) is 2.45. The normalized spacial score (nSPS) is 28.9. The van der Waals surface area contributed by atoms with Crippen LogP contribution in [0.1, 0.15) is 44.9 Å². The molecule has 0 aliphatic carbocycles. The second-order valence-electron chi connectivity index (χ2n) is 4.69. The molecule has 0 radical (unpaired) electrons. The zero-order chi connectivity index (χ0) is 12.1. The quantitative estimate of drug-likeness (QED) is 0.281. The molecule has 0 aromatic carbocycles. The largest absolute Gasteiger partial charge is 0.624 e. The van der Waals surface area contributed by atoms with Gasteiger partial charge in [0.15, 0.2) is 11.8 Å². The number of nitrogens with zero attached hydrogens (tertiary/aromatic N) is 1. The number of rotatable bonds is 0. The molecule has 4 nitrogen and oxygen atoms in total. The molecular formula is C13H19NO3. The van der Waals surface area contributed by atoms with E-state index in [2.05, 4.69) is 0 Å². The third kappa shape index (κ3) is 3.32. The van der Waals surface area contributed by atoms with Gasteiger partial charge in [-0.1, -0.05) is 12.2 Å². The summed E-state index contributed by atoms with van der Waals surface area (Å²) >= 11 is 0. The van der Waals surface area contributed by atoms with Gasteiger partial charge in [0.2, 0.25) is 0 Å². The van der Waals surface area contributed by atoms with Crippen molar-refractivity contribution in [3.63, 3.8) is 0 Å². The fraction of sp³-hybridized carbons (Fsp3) is 0.692. The molecule has 2 heterocycles. The number of hydrogen-bond acceptors (Lipinski definition) is 3. The first-order chi connectivity index (χ1) is 8.27. The maximum absolute atomic E-state index is 12.0.